The molecule has 1 aromatic heterocycles. The van der Waals surface area contributed by atoms with Gasteiger partial charge in [0.1, 0.15) is 12.4 Å². The fraction of sp³-hybridized carbons (Fsp3) is 0.667. The quantitative estimate of drug-likeness (QED) is 0.267. The fourth-order valence-electron chi connectivity index (χ4n) is 1.91. The molecular weight excluding hydrogens is 248 g/mol. The largest absolute Gasteiger partial charge is 0.411 e. The van der Waals surface area contributed by atoms with Crippen LogP contribution in [0, 0.1) is 10.1 Å². The minimum absolute atomic E-state index is 0.245. The molecule has 0 atom stereocenters. The van der Waals surface area contributed by atoms with Crippen molar-refractivity contribution >= 4 is 6.21 Å². The van der Waals surface area contributed by atoms with Gasteiger partial charge in [-0.2, -0.15) is 0 Å². The summed E-state index contributed by atoms with van der Waals surface area (Å²) in [5.41, 5.74) is -0.904. The molecule has 7 heteroatoms. The van der Waals surface area contributed by atoms with Crippen LogP contribution in [0.15, 0.2) is 17.5 Å². The highest BCUT2D eigenvalue weighted by Crippen LogP contribution is 2.15. The summed E-state index contributed by atoms with van der Waals surface area (Å²) < 4.78 is 3.87. The molecule has 0 unspecified atom stereocenters. The van der Waals surface area contributed by atoms with Gasteiger partial charge in [-0.1, -0.05) is 5.16 Å². The Bertz CT molecular complexity index is 466. The first-order valence-electron chi connectivity index (χ1n) is 6.33. The predicted molar refractivity (Wildman–Crippen MR) is 70.0 cm³/mol. The number of nitro groups is 1. The normalized spacial score (nSPS) is 12.2. The summed E-state index contributed by atoms with van der Waals surface area (Å²) in [7, 11) is 0. The molecule has 0 fully saturated rings. The third kappa shape index (κ3) is 3.77. The van der Waals surface area contributed by atoms with Gasteiger partial charge in [0.25, 0.3) is 0 Å². The Balaban J connectivity index is 2.68. The number of hydrogen-bond acceptors (Lipinski definition) is 4. The Morgan fingerprint density at radius 2 is 2.32 bits per heavy atom. The summed E-state index contributed by atoms with van der Waals surface area (Å²) >= 11 is 0. The maximum absolute atomic E-state index is 10.8. The Morgan fingerprint density at radius 3 is 2.84 bits per heavy atom. The number of nitrogens with zero attached hydrogens (tertiary/aromatic N) is 4. The zero-order chi connectivity index (χ0) is 14.5. The van der Waals surface area contributed by atoms with Crippen molar-refractivity contribution < 1.29 is 14.7 Å². The molecule has 1 N–H and O–H groups in total. The molecule has 1 rings (SSSR count). The smallest absolute Gasteiger partial charge is 0.303 e. The van der Waals surface area contributed by atoms with Crippen LogP contribution in [0.4, 0.5) is 0 Å². The molecule has 0 aliphatic carbocycles. The van der Waals surface area contributed by atoms with Crippen LogP contribution in [0.5, 0.6) is 0 Å². The zero-order valence-corrected chi connectivity index (χ0v) is 11.6. The average molecular weight is 269 g/mol. The summed E-state index contributed by atoms with van der Waals surface area (Å²) in [5.74, 6) is 0.781. The minimum atomic E-state index is -0.904. The maximum atomic E-state index is 10.8. The lowest BCUT2D eigenvalue weighted by Gasteiger charge is -2.14. The molecule has 1 aromatic rings. The monoisotopic (exact) mass is 269 g/mol. The summed E-state index contributed by atoms with van der Waals surface area (Å²) in [6.45, 7) is 6.69. The van der Waals surface area contributed by atoms with Crippen LogP contribution in [0.2, 0.25) is 0 Å². The summed E-state index contributed by atoms with van der Waals surface area (Å²) in [4.78, 5) is 10.6. The van der Waals surface area contributed by atoms with Crippen molar-refractivity contribution in [2.24, 2.45) is 5.16 Å². The number of imidazole rings is 1. The van der Waals surface area contributed by atoms with Crippen molar-refractivity contribution in [3.8, 4) is 0 Å². The maximum Gasteiger partial charge on any atom is 0.303 e. The van der Waals surface area contributed by atoms with Gasteiger partial charge in [0.2, 0.25) is 5.54 Å². The Labute approximate surface area is 112 Å². The Morgan fingerprint density at radius 1 is 1.63 bits per heavy atom. The molecule has 0 aliphatic rings. The first kappa shape index (κ1) is 15.1. The van der Waals surface area contributed by atoms with Gasteiger partial charge in [-0.3, -0.25) is 10.1 Å². The molecular formula is C12H21N4O3+. The first-order chi connectivity index (χ1) is 8.92. The van der Waals surface area contributed by atoms with E-state index in [-0.39, 0.29) is 4.92 Å². The van der Waals surface area contributed by atoms with Crippen molar-refractivity contribution in [1.82, 2.24) is 4.57 Å². The number of oxime groups is 1. The highest BCUT2D eigenvalue weighted by atomic mass is 16.6. The number of rotatable bonds is 7. The van der Waals surface area contributed by atoms with E-state index in [2.05, 4.69) is 5.16 Å². The Kier molecular flexibility index (Phi) is 5.02. The van der Waals surface area contributed by atoms with Crippen LogP contribution in [0.3, 0.4) is 0 Å². The zero-order valence-electron chi connectivity index (χ0n) is 11.6. The molecule has 0 aliphatic heterocycles. The van der Waals surface area contributed by atoms with Gasteiger partial charge < -0.3 is 5.21 Å². The molecule has 0 spiro atoms. The van der Waals surface area contributed by atoms with E-state index >= 15 is 0 Å². The second-order valence-electron chi connectivity index (χ2n) is 5.05. The summed E-state index contributed by atoms with van der Waals surface area (Å²) in [5, 5.41) is 22.5. The lowest BCUT2D eigenvalue weighted by Crippen LogP contribution is -2.39. The van der Waals surface area contributed by atoms with Crippen LogP contribution in [0.1, 0.15) is 39.4 Å². The van der Waals surface area contributed by atoms with Crippen LogP contribution in [-0.2, 0) is 13.1 Å². The lowest BCUT2D eigenvalue weighted by atomic mass is 10.00. The summed E-state index contributed by atoms with van der Waals surface area (Å²) in [6, 6.07) is 0. The van der Waals surface area contributed by atoms with E-state index in [1.54, 1.807) is 13.8 Å². The molecule has 0 bridgehead atoms. The van der Waals surface area contributed by atoms with Gasteiger partial charge in [0.15, 0.2) is 6.21 Å². The van der Waals surface area contributed by atoms with Crippen molar-refractivity contribution in [3.05, 3.63) is 28.3 Å². The van der Waals surface area contributed by atoms with Gasteiger partial charge >= 0.3 is 5.82 Å². The molecule has 1 heterocycles. The van der Waals surface area contributed by atoms with Crippen molar-refractivity contribution in [1.29, 1.82) is 0 Å². The SMILES string of the molecule is CCn1cc[n+](CCCC(C)(C)[N+](=O)[O-])c1/C=N/O. The standard InChI is InChI=1S/C12H20N4O3/c1-4-14-8-9-15(11(14)10-13-17)7-5-6-12(2,3)16(18)19/h8-10H,4-7H2,1-3H3/p+1. The number of aryl methyl sites for hydroxylation is 2. The van der Waals surface area contributed by atoms with Gasteiger partial charge in [-0.25, -0.2) is 9.13 Å². The molecule has 7 nitrogen and oxygen atoms in total. The van der Waals surface area contributed by atoms with Gasteiger partial charge in [-0.05, 0) is 13.3 Å². The van der Waals surface area contributed by atoms with E-state index in [9.17, 15) is 10.1 Å². The molecule has 0 saturated carbocycles. The van der Waals surface area contributed by atoms with Crippen LogP contribution in [-0.4, -0.2) is 26.5 Å². The first-order valence-corrected chi connectivity index (χ1v) is 6.33. The molecule has 19 heavy (non-hydrogen) atoms. The van der Waals surface area contributed by atoms with Gasteiger partial charge in [-0.15, -0.1) is 0 Å². The van der Waals surface area contributed by atoms with E-state index in [1.165, 1.54) is 6.21 Å². The minimum Gasteiger partial charge on any atom is -0.411 e. The van der Waals surface area contributed by atoms with Crippen LogP contribution >= 0.6 is 0 Å². The molecule has 0 radical (unpaired) electrons. The molecule has 0 aromatic carbocycles. The Hall–Kier alpha value is -1.92. The molecule has 0 saturated heterocycles. The van der Waals surface area contributed by atoms with E-state index < -0.39 is 5.54 Å². The van der Waals surface area contributed by atoms with Crippen molar-refractivity contribution in [2.75, 3.05) is 0 Å². The second kappa shape index (κ2) is 6.31. The van der Waals surface area contributed by atoms with Gasteiger partial charge in [0.05, 0.1) is 13.1 Å². The van der Waals surface area contributed by atoms with Crippen LogP contribution in [0.25, 0.3) is 0 Å². The molecule has 0 amide bonds. The summed E-state index contributed by atoms with van der Waals surface area (Å²) in [6.07, 6.45) is 6.36. The highest BCUT2D eigenvalue weighted by Gasteiger charge is 2.30. The topological polar surface area (TPSA) is 84.5 Å². The molecule has 106 valence electrons. The van der Waals surface area contributed by atoms with Gasteiger partial charge in [0, 0.05) is 25.2 Å². The predicted octanol–water partition coefficient (Wildman–Crippen LogP) is 1.44. The second-order valence-corrected chi connectivity index (χ2v) is 5.05. The fourth-order valence-corrected chi connectivity index (χ4v) is 1.91. The third-order valence-electron chi connectivity index (χ3n) is 3.21. The highest BCUT2D eigenvalue weighted by molar-refractivity contribution is 5.72. The van der Waals surface area contributed by atoms with E-state index in [4.69, 9.17) is 5.21 Å². The van der Waals surface area contributed by atoms with Crippen LogP contribution < -0.4 is 4.57 Å². The average Bonchev–Trinajstić information content (AvgIpc) is 2.72. The number of hydrogen-bond donors (Lipinski definition) is 1. The van der Waals surface area contributed by atoms with Crippen molar-refractivity contribution in [3.63, 3.8) is 0 Å². The van der Waals surface area contributed by atoms with E-state index in [0.717, 1.165) is 12.4 Å². The third-order valence-corrected chi connectivity index (χ3v) is 3.21. The van der Waals surface area contributed by atoms with Crippen molar-refractivity contribution in [2.45, 2.75) is 52.2 Å². The van der Waals surface area contributed by atoms with E-state index in [0.29, 0.717) is 19.4 Å². The lowest BCUT2D eigenvalue weighted by molar-refractivity contribution is -0.698. The number of aromatic nitrogens is 2. The van der Waals surface area contributed by atoms with E-state index in [1.807, 2.05) is 28.5 Å².